The zero-order valence-electron chi connectivity index (χ0n) is 6.35. The molecule has 0 aliphatic carbocycles. The number of phenolic OH excluding ortho intramolecular Hbond substituents is 1. The van der Waals surface area contributed by atoms with E-state index in [0.717, 1.165) is 7.14 Å². The lowest BCUT2D eigenvalue weighted by Gasteiger charge is -2.03. The Morgan fingerprint density at radius 1 is 1.38 bits per heavy atom. The quantitative estimate of drug-likeness (QED) is 0.413. The van der Waals surface area contributed by atoms with Crippen molar-refractivity contribution in [3.63, 3.8) is 0 Å². The fourth-order valence-electron chi connectivity index (χ4n) is 0.823. The molecule has 0 heterocycles. The van der Waals surface area contributed by atoms with Gasteiger partial charge in [0.1, 0.15) is 5.75 Å². The largest absolute Gasteiger partial charge is 0.507 e. The summed E-state index contributed by atoms with van der Waals surface area (Å²) in [4.78, 5) is 11.3. The SMILES string of the molecule is O=C(CBr)c1cc(O)c(I)cc1I. The third kappa shape index (κ3) is 2.79. The first-order valence-electron chi connectivity index (χ1n) is 3.33. The molecule has 0 bridgehead atoms. The molecular weight excluding hydrogens is 462 g/mol. The molecule has 5 heteroatoms. The van der Waals surface area contributed by atoms with Gasteiger partial charge in [-0.2, -0.15) is 0 Å². The third-order valence-corrected chi connectivity index (χ3v) is 3.72. The molecule has 0 aliphatic heterocycles. The smallest absolute Gasteiger partial charge is 0.174 e. The van der Waals surface area contributed by atoms with Gasteiger partial charge in [0, 0.05) is 9.13 Å². The van der Waals surface area contributed by atoms with E-state index in [1.54, 1.807) is 6.07 Å². The van der Waals surface area contributed by atoms with Crippen molar-refractivity contribution in [2.24, 2.45) is 0 Å². The van der Waals surface area contributed by atoms with Crippen LogP contribution in [0, 0.1) is 7.14 Å². The molecule has 0 saturated heterocycles. The van der Waals surface area contributed by atoms with Crippen LogP contribution in [0.4, 0.5) is 0 Å². The zero-order chi connectivity index (χ0) is 10.0. The van der Waals surface area contributed by atoms with Crippen LogP contribution in [0.15, 0.2) is 12.1 Å². The molecule has 1 rings (SSSR count). The summed E-state index contributed by atoms with van der Waals surface area (Å²) in [6.07, 6.45) is 0. The Morgan fingerprint density at radius 2 is 2.00 bits per heavy atom. The van der Waals surface area contributed by atoms with Crippen molar-refractivity contribution in [2.75, 3.05) is 5.33 Å². The predicted molar refractivity (Wildman–Crippen MR) is 71.7 cm³/mol. The van der Waals surface area contributed by atoms with Crippen molar-refractivity contribution in [2.45, 2.75) is 0 Å². The Morgan fingerprint density at radius 3 is 2.54 bits per heavy atom. The van der Waals surface area contributed by atoms with Crippen LogP contribution in [0.3, 0.4) is 0 Å². The minimum absolute atomic E-state index is 0.0175. The summed E-state index contributed by atoms with van der Waals surface area (Å²) in [6, 6.07) is 3.29. The summed E-state index contributed by atoms with van der Waals surface area (Å²) >= 11 is 7.20. The molecule has 0 spiro atoms. The number of benzene rings is 1. The number of phenols is 1. The summed E-state index contributed by atoms with van der Waals surface area (Å²) in [6.45, 7) is 0. The highest BCUT2D eigenvalue weighted by Crippen LogP contribution is 2.25. The highest BCUT2D eigenvalue weighted by Gasteiger charge is 2.11. The molecule has 1 aromatic carbocycles. The molecule has 1 aromatic rings. The van der Waals surface area contributed by atoms with Crippen LogP contribution in [-0.2, 0) is 0 Å². The van der Waals surface area contributed by atoms with Gasteiger partial charge in [-0.3, -0.25) is 4.79 Å². The number of halogens is 3. The Hall–Kier alpha value is 0.630. The first kappa shape index (κ1) is 11.7. The van der Waals surface area contributed by atoms with Crippen LogP contribution in [-0.4, -0.2) is 16.2 Å². The average molecular weight is 467 g/mol. The first-order chi connectivity index (χ1) is 6.06. The van der Waals surface area contributed by atoms with Crippen LogP contribution in [0.2, 0.25) is 0 Å². The summed E-state index contributed by atoms with van der Waals surface area (Å²) < 4.78 is 1.62. The molecule has 0 atom stereocenters. The lowest BCUT2D eigenvalue weighted by atomic mass is 10.1. The lowest BCUT2D eigenvalue weighted by Crippen LogP contribution is -2.02. The molecule has 0 saturated carbocycles. The molecule has 0 unspecified atom stereocenters. The Bertz CT molecular complexity index is 352. The molecular formula is C8H5BrI2O2. The van der Waals surface area contributed by atoms with Crippen molar-refractivity contribution in [1.82, 2.24) is 0 Å². The highest BCUT2D eigenvalue weighted by molar-refractivity contribution is 14.1. The number of carbonyl (C=O) groups excluding carboxylic acids is 1. The second-order valence-electron chi connectivity index (χ2n) is 2.34. The number of hydrogen-bond acceptors (Lipinski definition) is 2. The standard InChI is InChI=1S/C8H5BrI2O2/c9-3-8(13)4-1-7(12)6(11)2-5(4)10/h1-2,12H,3H2. The number of ketones is 1. The number of carbonyl (C=O) groups is 1. The van der Waals surface area contributed by atoms with Gasteiger partial charge in [-0.1, -0.05) is 15.9 Å². The lowest BCUT2D eigenvalue weighted by molar-refractivity contribution is 0.102. The number of aromatic hydroxyl groups is 1. The fourth-order valence-corrected chi connectivity index (χ4v) is 2.96. The zero-order valence-corrected chi connectivity index (χ0v) is 12.3. The molecule has 0 aromatic heterocycles. The van der Waals surface area contributed by atoms with E-state index < -0.39 is 0 Å². The van der Waals surface area contributed by atoms with Crippen molar-refractivity contribution in [3.05, 3.63) is 24.8 Å². The Labute approximate surface area is 112 Å². The van der Waals surface area contributed by atoms with Crippen molar-refractivity contribution in [1.29, 1.82) is 0 Å². The minimum Gasteiger partial charge on any atom is -0.507 e. The Kier molecular flexibility index (Phi) is 4.43. The van der Waals surface area contributed by atoms with Gasteiger partial charge in [-0.25, -0.2) is 0 Å². The summed E-state index contributed by atoms with van der Waals surface area (Å²) in [7, 11) is 0. The van der Waals surface area contributed by atoms with E-state index in [1.807, 2.05) is 22.6 Å². The number of Topliss-reactive ketones (excluding diaryl/α,β-unsaturated/α-hetero) is 1. The maximum atomic E-state index is 11.3. The monoisotopic (exact) mass is 466 g/mol. The fraction of sp³-hybridized carbons (Fsp3) is 0.125. The summed E-state index contributed by atoms with van der Waals surface area (Å²) in [5, 5.41) is 9.67. The van der Waals surface area contributed by atoms with Crippen molar-refractivity contribution < 1.29 is 9.90 Å². The Balaban J connectivity index is 3.23. The van der Waals surface area contributed by atoms with Crippen molar-refractivity contribution >= 4 is 66.9 Å². The van der Waals surface area contributed by atoms with Crippen LogP contribution >= 0.6 is 61.1 Å². The van der Waals surface area contributed by atoms with Gasteiger partial charge in [-0.05, 0) is 57.3 Å². The second kappa shape index (κ2) is 4.92. The van der Waals surface area contributed by atoms with E-state index in [-0.39, 0.29) is 16.9 Å². The van der Waals surface area contributed by atoms with Crippen LogP contribution < -0.4 is 0 Å². The predicted octanol–water partition coefficient (Wildman–Crippen LogP) is 3.18. The van der Waals surface area contributed by atoms with Crippen LogP contribution in [0.5, 0.6) is 5.75 Å². The second-order valence-corrected chi connectivity index (χ2v) is 5.23. The topological polar surface area (TPSA) is 37.3 Å². The van der Waals surface area contributed by atoms with Gasteiger partial charge in [-0.15, -0.1) is 0 Å². The summed E-state index contributed by atoms with van der Waals surface area (Å²) in [5.74, 6) is 0.140. The van der Waals surface area contributed by atoms with E-state index in [0.29, 0.717) is 5.56 Å². The van der Waals surface area contributed by atoms with E-state index in [4.69, 9.17) is 0 Å². The normalized spacial score (nSPS) is 10.1. The van der Waals surface area contributed by atoms with E-state index in [9.17, 15) is 9.90 Å². The molecule has 2 nitrogen and oxygen atoms in total. The molecule has 1 N–H and O–H groups in total. The maximum absolute atomic E-state index is 11.3. The minimum atomic E-state index is -0.0175. The molecule has 0 amide bonds. The van der Waals surface area contributed by atoms with Gasteiger partial charge < -0.3 is 5.11 Å². The van der Waals surface area contributed by atoms with Gasteiger partial charge in [0.05, 0.1) is 8.90 Å². The molecule has 13 heavy (non-hydrogen) atoms. The maximum Gasteiger partial charge on any atom is 0.174 e. The third-order valence-electron chi connectivity index (χ3n) is 1.46. The average Bonchev–Trinajstić information content (AvgIpc) is 2.10. The van der Waals surface area contributed by atoms with Gasteiger partial charge in [0.2, 0.25) is 0 Å². The molecule has 0 fully saturated rings. The number of rotatable bonds is 2. The van der Waals surface area contributed by atoms with E-state index in [1.165, 1.54) is 6.07 Å². The molecule has 0 aliphatic rings. The van der Waals surface area contributed by atoms with Crippen LogP contribution in [0.25, 0.3) is 0 Å². The van der Waals surface area contributed by atoms with Gasteiger partial charge >= 0.3 is 0 Å². The van der Waals surface area contributed by atoms with E-state index >= 15 is 0 Å². The van der Waals surface area contributed by atoms with Gasteiger partial charge in [0.25, 0.3) is 0 Å². The summed E-state index contributed by atoms with van der Waals surface area (Å²) in [5.41, 5.74) is 0.565. The number of hydrogen-bond donors (Lipinski definition) is 1. The first-order valence-corrected chi connectivity index (χ1v) is 6.61. The molecule has 70 valence electrons. The van der Waals surface area contributed by atoms with E-state index in [2.05, 4.69) is 38.5 Å². The van der Waals surface area contributed by atoms with Gasteiger partial charge in [0.15, 0.2) is 5.78 Å². The van der Waals surface area contributed by atoms with Crippen molar-refractivity contribution in [3.8, 4) is 5.75 Å². The number of alkyl halides is 1. The molecule has 0 radical (unpaired) electrons. The highest BCUT2D eigenvalue weighted by atomic mass is 127. The van der Waals surface area contributed by atoms with Crippen LogP contribution in [0.1, 0.15) is 10.4 Å².